The number of esters is 1. The van der Waals surface area contributed by atoms with Crippen molar-refractivity contribution in [2.75, 3.05) is 33.3 Å². The van der Waals surface area contributed by atoms with E-state index < -0.39 is 22.9 Å². The Morgan fingerprint density at radius 3 is 2.26 bits per heavy atom. The predicted octanol–water partition coefficient (Wildman–Crippen LogP) is 0.839. The molecule has 0 spiro atoms. The molecule has 1 aromatic rings. The molecule has 0 bridgehead atoms. The number of amides is 2. The lowest BCUT2D eigenvalue weighted by Crippen LogP contribution is -2.52. The van der Waals surface area contributed by atoms with Gasteiger partial charge >= 0.3 is 5.97 Å². The zero-order valence-corrected chi connectivity index (χ0v) is 15.3. The van der Waals surface area contributed by atoms with Gasteiger partial charge in [-0.3, -0.25) is 19.7 Å². The van der Waals surface area contributed by atoms with Gasteiger partial charge in [-0.15, -0.1) is 0 Å². The van der Waals surface area contributed by atoms with E-state index >= 15 is 0 Å². The first-order valence-corrected chi connectivity index (χ1v) is 8.32. The molecule has 1 aromatic carbocycles. The molecule has 1 aliphatic rings. The number of hydrogen-bond acceptors (Lipinski definition) is 7. The SMILES string of the molecule is COc1ccc([N+](=O)[O-])cc1C(=O)OC(C)C(=O)N1CCN(C(C)=O)CC1. The molecule has 2 rings (SSSR count). The van der Waals surface area contributed by atoms with Crippen LogP contribution in [-0.2, 0) is 14.3 Å². The number of non-ortho nitro benzene ring substituents is 1. The molecule has 0 N–H and O–H groups in total. The van der Waals surface area contributed by atoms with Crippen LogP contribution in [0.5, 0.6) is 5.75 Å². The Morgan fingerprint density at radius 2 is 1.74 bits per heavy atom. The van der Waals surface area contributed by atoms with Crippen molar-refractivity contribution in [3.63, 3.8) is 0 Å². The van der Waals surface area contributed by atoms with E-state index in [4.69, 9.17) is 9.47 Å². The first-order chi connectivity index (χ1) is 12.7. The smallest absolute Gasteiger partial charge is 0.342 e. The van der Waals surface area contributed by atoms with Crippen molar-refractivity contribution in [2.24, 2.45) is 0 Å². The molecule has 1 unspecified atom stereocenters. The van der Waals surface area contributed by atoms with Gasteiger partial charge in [0.1, 0.15) is 11.3 Å². The molecule has 2 amide bonds. The highest BCUT2D eigenvalue weighted by molar-refractivity contribution is 5.95. The first-order valence-electron chi connectivity index (χ1n) is 8.32. The van der Waals surface area contributed by atoms with Crippen LogP contribution in [-0.4, -0.2) is 71.9 Å². The molecule has 146 valence electrons. The van der Waals surface area contributed by atoms with Crippen LogP contribution in [0.2, 0.25) is 0 Å². The molecule has 1 heterocycles. The second-order valence-electron chi connectivity index (χ2n) is 6.02. The minimum atomic E-state index is -1.08. The number of hydrogen-bond donors (Lipinski definition) is 0. The third-order valence-electron chi connectivity index (χ3n) is 4.28. The van der Waals surface area contributed by atoms with Crippen molar-refractivity contribution in [2.45, 2.75) is 20.0 Å². The summed E-state index contributed by atoms with van der Waals surface area (Å²) in [6.45, 7) is 4.43. The number of methoxy groups -OCH3 is 1. The molecule has 0 aromatic heterocycles. The minimum Gasteiger partial charge on any atom is -0.496 e. The minimum absolute atomic E-state index is 0.0562. The van der Waals surface area contributed by atoms with E-state index in [0.717, 1.165) is 6.07 Å². The summed E-state index contributed by atoms with van der Waals surface area (Å²) in [5, 5.41) is 10.9. The largest absolute Gasteiger partial charge is 0.496 e. The molecule has 0 saturated carbocycles. The molecular weight excluding hydrogens is 358 g/mol. The van der Waals surface area contributed by atoms with Crippen molar-refractivity contribution in [3.8, 4) is 5.75 Å². The summed E-state index contributed by atoms with van der Waals surface area (Å²) in [6, 6.07) is 3.55. The fraction of sp³-hybridized carbons (Fsp3) is 0.471. The van der Waals surface area contributed by atoms with Crippen LogP contribution in [0.25, 0.3) is 0 Å². The Hall–Kier alpha value is -3.17. The van der Waals surface area contributed by atoms with Crippen LogP contribution in [0.3, 0.4) is 0 Å². The summed E-state index contributed by atoms with van der Waals surface area (Å²) in [5.41, 5.74) is -0.421. The monoisotopic (exact) mass is 379 g/mol. The summed E-state index contributed by atoms with van der Waals surface area (Å²) in [6.07, 6.45) is -1.08. The number of nitrogens with zero attached hydrogens (tertiary/aromatic N) is 3. The van der Waals surface area contributed by atoms with Crippen LogP contribution in [0.15, 0.2) is 18.2 Å². The Balaban J connectivity index is 2.05. The quantitative estimate of drug-likeness (QED) is 0.422. The predicted molar refractivity (Wildman–Crippen MR) is 93.4 cm³/mol. The molecule has 27 heavy (non-hydrogen) atoms. The number of carbonyl (C=O) groups excluding carboxylic acids is 3. The molecule has 0 aliphatic carbocycles. The van der Waals surface area contributed by atoms with Crippen molar-refractivity contribution in [1.82, 2.24) is 9.80 Å². The topological polar surface area (TPSA) is 119 Å². The van der Waals surface area contributed by atoms with Gasteiger partial charge in [0.2, 0.25) is 5.91 Å². The zero-order chi connectivity index (χ0) is 20.1. The average Bonchev–Trinajstić information content (AvgIpc) is 2.66. The number of piperazine rings is 1. The molecule has 10 nitrogen and oxygen atoms in total. The van der Waals surface area contributed by atoms with Crippen LogP contribution in [0.1, 0.15) is 24.2 Å². The van der Waals surface area contributed by atoms with Gasteiger partial charge in [-0.05, 0) is 13.0 Å². The number of carbonyl (C=O) groups is 3. The van der Waals surface area contributed by atoms with Crippen molar-refractivity contribution in [1.29, 1.82) is 0 Å². The summed E-state index contributed by atoms with van der Waals surface area (Å²) in [4.78, 5) is 49.6. The maximum atomic E-state index is 12.5. The highest BCUT2D eigenvalue weighted by Gasteiger charge is 2.29. The fourth-order valence-electron chi connectivity index (χ4n) is 2.74. The Bertz CT molecular complexity index is 757. The lowest BCUT2D eigenvalue weighted by atomic mass is 10.1. The van der Waals surface area contributed by atoms with Crippen LogP contribution >= 0.6 is 0 Å². The van der Waals surface area contributed by atoms with E-state index in [1.54, 1.807) is 4.90 Å². The lowest BCUT2D eigenvalue weighted by molar-refractivity contribution is -0.384. The fourth-order valence-corrected chi connectivity index (χ4v) is 2.74. The molecular formula is C17H21N3O7. The first kappa shape index (κ1) is 20.1. The number of rotatable bonds is 5. The van der Waals surface area contributed by atoms with E-state index in [-0.39, 0.29) is 22.9 Å². The van der Waals surface area contributed by atoms with Crippen molar-refractivity contribution >= 4 is 23.5 Å². The van der Waals surface area contributed by atoms with E-state index in [0.29, 0.717) is 26.2 Å². The normalized spacial score (nSPS) is 15.1. The lowest BCUT2D eigenvalue weighted by Gasteiger charge is -2.35. The summed E-state index contributed by atoms with van der Waals surface area (Å²) in [5.74, 6) is -1.23. The molecule has 1 aliphatic heterocycles. The van der Waals surface area contributed by atoms with Gasteiger partial charge in [0.15, 0.2) is 6.10 Å². The van der Waals surface area contributed by atoms with E-state index in [1.807, 2.05) is 0 Å². The third kappa shape index (κ3) is 4.72. The van der Waals surface area contributed by atoms with Gasteiger partial charge in [0.25, 0.3) is 11.6 Å². The number of ether oxygens (including phenoxy) is 2. The van der Waals surface area contributed by atoms with Crippen molar-refractivity contribution < 1.29 is 28.8 Å². The Kier molecular flexibility index (Phi) is 6.32. The Morgan fingerprint density at radius 1 is 1.15 bits per heavy atom. The zero-order valence-electron chi connectivity index (χ0n) is 15.3. The highest BCUT2D eigenvalue weighted by atomic mass is 16.6. The maximum absolute atomic E-state index is 12.5. The number of nitro benzene ring substituents is 1. The molecule has 0 radical (unpaired) electrons. The van der Waals surface area contributed by atoms with Crippen LogP contribution in [0.4, 0.5) is 5.69 Å². The van der Waals surface area contributed by atoms with E-state index in [2.05, 4.69) is 0 Å². The Labute approximate surface area is 155 Å². The van der Waals surface area contributed by atoms with Crippen molar-refractivity contribution in [3.05, 3.63) is 33.9 Å². The molecule has 10 heteroatoms. The second kappa shape index (κ2) is 8.47. The van der Waals surface area contributed by atoms with Gasteiger partial charge in [-0.25, -0.2) is 4.79 Å². The van der Waals surface area contributed by atoms with Crippen LogP contribution in [0, 0.1) is 10.1 Å². The third-order valence-corrected chi connectivity index (χ3v) is 4.28. The molecule has 1 atom stereocenters. The second-order valence-corrected chi connectivity index (χ2v) is 6.02. The van der Waals surface area contributed by atoms with Gasteiger partial charge in [-0.2, -0.15) is 0 Å². The summed E-state index contributed by atoms with van der Waals surface area (Å²) < 4.78 is 10.2. The summed E-state index contributed by atoms with van der Waals surface area (Å²) >= 11 is 0. The number of nitro groups is 1. The van der Waals surface area contributed by atoms with Crippen LogP contribution < -0.4 is 4.74 Å². The van der Waals surface area contributed by atoms with Gasteiger partial charge in [0, 0.05) is 45.2 Å². The van der Waals surface area contributed by atoms with E-state index in [1.165, 1.54) is 38.0 Å². The van der Waals surface area contributed by atoms with Gasteiger partial charge < -0.3 is 19.3 Å². The molecule has 1 saturated heterocycles. The van der Waals surface area contributed by atoms with Gasteiger partial charge in [-0.1, -0.05) is 0 Å². The standard InChI is InChI=1S/C17H21N3O7/c1-11(16(22)19-8-6-18(7-9-19)12(2)21)27-17(23)14-10-13(20(24)25)4-5-15(14)26-3/h4-5,10-11H,6-9H2,1-3H3. The summed E-state index contributed by atoms with van der Waals surface area (Å²) in [7, 11) is 1.32. The van der Waals surface area contributed by atoms with E-state index in [9.17, 15) is 24.5 Å². The molecule has 1 fully saturated rings. The van der Waals surface area contributed by atoms with Gasteiger partial charge in [0.05, 0.1) is 12.0 Å². The number of benzene rings is 1. The average molecular weight is 379 g/mol. The highest BCUT2D eigenvalue weighted by Crippen LogP contribution is 2.25. The maximum Gasteiger partial charge on any atom is 0.342 e.